The largest absolute Gasteiger partial charge is 0.490 e. The highest BCUT2D eigenvalue weighted by molar-refractivity contribution is 9.10. The summed E-state index contributed by atoms with van der Waals surface area (Å²) in [5.41, 5.74) is 1.40. The lowest BCUT2D eigenvalue weighted by molar-refractivity contribution is -0.132. The lowest BCUT2D eigenvalue weighted by Crippen LogP contribution is -2.19. The first-order chi connectivity index (χ1) is 13.9. The number of rotatable bonds is 5. The number of carbonyl (C=O) groups is 2. The summed E-state index contributed by atoms with van der Waals surface area (Å²) in [6.45, 7) is 3.54. The van der Waals surface area contributed by atoms with Crippen molar-refractivity contribution < 1.29 is 19.1 Å². The second-order valence-electron chi connectivity index (χ2n) is 5.81. The van der Waals surface area contributed by atoms with E-state index in [-0.39, 0.29) is 5.91 Å². The second-order valence-corrected chi connectivity index (χ2v) is 8.14. The summed E-state index contributed by atoms with van der Waals surface area (Å²) in [7, 11) is 0. The third-order valence-corrected chi connectivity index (χ3v) is 5.33. The van der Waals surface area contributed by atoms with Gasteiger partial charge in [-0.05, 0) is 82.7 Å². The fraction of sp³-hybridized carbons (Fsp3) is 0.150. The van der Waals surface area contributed by atoms with Crippen LogP contribution in [0.25, 0.3) is 6.08 Å². The molecular weight excluding hydrogens is 480 g/mol. The van der Waals surface area contributed by atoms with Gasteiger partial charge in [0, 0.05) is 11.9 Å². The topological polar surface area (TPSA) is 77.0 Å². The van der Waals surface area contributed by atoms with Crippen LogP contribution >= 0.6 is 39.3 Å². The molecule has 1 fully saturated rings. The normalized spacial score (nSPS) is 16.2. The Balaban J connectivity index is 1.88. The quantitative estimate of drug-likeness (QED) is 0.345. The molecule has 1 N–H and O–H groups in total. The van der Waals surface area contributed by atoms with E-state index < -0.39 is 5.97 Å². The number of halogens is 2. The van der Waals surface area contributed by atoms with E-state index in [1.165, 1.54) is 18.7 Å². The summed E-state index contributed by atoms with van der Waals surface area (Å²) in [6, 6.07) is 10.5. The monoisotopic (exact) mass is 494 g/mol. The van der Waals surface area contributed by atoms with Crippen LogP contribution in [0.5, 0.6) is 11.5 Å². The first-order valence-electron chi connectivity index (χ1n) is 8.55. The Labute approximate surface area is 185 Å². The molecule has 1 aliphatic rings. The number of ether oxygens (including phenoxy) is 2. The van der Waals surface area contributed by atoms with Crippen molar-refractivity contribution in [3.63, 3.8) is 0 Å². The molecule has 0 aromatic heterocycles. The Morgan fingerprint density at radius 2 is 2.03 bits per heavy atom. The van der Waals surface area contributed by atoms with Gasteiger partial charge in [0.15, 0.2) is 16.7 Å². The number of amides is 1. The van der Waals surface area contributed by atoms with Crippen molar-refractivity contribution in [2.75, 3.05) is 6.61 Å². The van der Waals surface area contributed by atoms with Crippen molar-refractivity contribution in [1.82, 2.24) is 5.32 Å². The van der Waals surface area contributed by atoms with Gasteiger partial charge in [0.25, 0.3) is 5.91 Å². The minimum absolute atomic E-state index is 0.249. The molecule has 3 rings (SSSR count). The van der Waals surface area contributed by atoms with Crippen LogP contribution in [0.3, 0.4) is 0 Å². The first-order valence-corrected chi connectivity index (χ1v) is 10.5. The van der Waals surface area contributed by atoms with E-state index in [1.54, 1.807) is 42.5 Å². The van der Waals surface area contributed by atoms with Gasteiger partial charge in [0.1, 0.15) is 0 Å². The van der Waals surface area contributed by atoms with Crippen molar-refractivity contribution in [1.29, 1.82) is 0 Å². The lowest BCUT2D eigenvalue weighted by Gasteiger charge is -2.12. The van der Waals surface area contributed by atoms with E-state index in [0.29, 0.717) is 48.9 Å². The molecule has 2 aromatic rings. The Kier molecular flexibility index (Phi) is 7.00. The minimum Gasteiger partial charge on any atom is -0.490 e. The van der Waals surface area contributed by atoms with Crippen LogP contribution < -0.4 is 14.8 Å². The third kappa shape index (κ3) is 5.62. The highest BCUT2D eigenvalue weighted by Gasteiger charge is 2.24. The third-order valence-electron chi connectivity index (χ3n) is 3.58. The molecule has 0 bridgehead atoms. The van der Waals surface area contributed by atoms with Crippen molar-refractivity contribution in [2.24, 2.45) is 4.99 Å². The zero-order valence-electron chi connectivity index (χ0n) is 15.5. The molecule has 0 unspecified atom stereocenters. The molecule has 29 heavy (non-hydrogen) atoms. The maximum Gasteiger partial charge on any atom is 0.308 e. The summed E-state index contributed by atoms with van der Waals surface area (Å²) in [4.78, 5) is 28.6. The van der Waals surface area contributed by atoms with Gasteiger partial charge in [0.05, 0.1) is 21.7 Å². The SMILES string of the molecule is CCOc1cc(/C=C2\SC(=Nc3ccc(Cl)cc3)NC2=O)cc(Br)c1OC(C)=O. The predicted molar refractivity (Wildman–Crippen MR) is 119 cm³/mol. The predicted octanol–water partition coefficient (Wildman–Crippen LogP) is 5.32. The Morgan fingerprint density at radius 1 is 1.31 bits per heavy atom. The summed E-state index contributed by atoms with van der Waals surface area (Å²) in [5.74, 6) is 0.00444. The molecule has 150 valence electrons. The minimum atomic E-state index is -0.452. The van der Waals surface area contributed by atoms with Crippen LogP contribution in [0.1, 0.15) is 19.4 Å². The van der Waals surface area contributed by atoms with Crippen molar-refractivity contribution in [3.05, 3.63) is 56.4 Å². The lowest BCUT2D eigenvalue weighted by atomic mass is 10.2. The molecule has 0 radical (unpaired) electrons. The zero-order chi connectivity index (χ0) is 21.0. The molecule has 1 amide bonds. The Bertz CT molecular complexity index is 1020. The molecule has 0 atom stereocenters. The number of thioether (sulfide) groups is 1. The number of benzene rings is 2. The van der Waals surface area contributed by atoms with Crippen molar-refractivity contribution >= 4 is 68.1 Å². The van der Waals surface area contributed by atoms with Crippen molar-refractivity contribution in [3.8, 4) is 11.5 Å². The van der Waals surface area contributed by atoms with E-state index in [9.17, 15) is 9.59 Å². The van der Waals surface area contributed by atoms with E-state index in [0.717, 1.165) is 0 Å². The molecule has 6 nitrogen and oxygen atoms in total. The summed E-state index contributed by atoms with van der Waals surface area (Å²) >= 11 is 10.5. The maximum atomic E-state index is 12.3. The standard InChI is InChI=1S/C20H16BrClN2O4S/c1-3-27-16-9-12(8-15(21)18(16)28-11(2)25)10-17-19(26)24-20(29-17)23-14-6-4-13(22)5-7-14/h4-10H,3H2,1-2H3,(H,23,24,26)/b17-10-. The summed E-state index contributed by atoms with van der Waals surface area (Å²) in [5, 5.41) is 3.83. The molecule has 0 saturated carbocycles. The van der Waals surface area contributed by atoms with Gasteiger partial charge >= 0.3 is 5.97 Å². The number of carbonyl (C=O) groups excluding carboxylic acids is 2. The zero-order valence-corrected chi connectivity index (χ0v) is 18.7. The summed E-state index contributed by atoms with van der Waals surface area (Å²) < 4.78 is 11.3. The smallest absolute Gasteiger partial charge is 0.308 e. The second kappa shape index (κ2) is 9.47. The van der Waals surface area contributed by atoms with Crippen LogP contribution in [0.4, 0.5) is 5.69 Å². The first kappa shape index (κ1) is 21.4. The number of nitrogens with one attached hydrogen (secondary N) is 1. The molecule has 0 aliphatic carbocycles. The van der Waals surface area contributed by atoms with Gasteiger partial charge in [0.2, 0.25) is 0 Å². The number of esters is 1. The van der Waals surface area contributed by atoms with Gasteiger partial charge in [-0.2, -0.15) is 0 Å². The van der Waals surface area contributed by atoms with Crippen LogP contribution in [-0.4, -0.2) is 23.7 Å². The number of nitrogens with zero attached hydrogens (tertiary/aromatic N) is 1. The van der Waals surface area contributed by atoms with Gasteiger partial charge in [-0.3, -0.25) is 9.59 Å². The average molecular weight is 496 g/mol. The van der Waals surface area contributed by atoms with Crippen LogP contribution in [0.2, 0.25) is 5.02 Å². The van der Waals surface area contributed by atoms with Crippen LogP contribution in [0.15, 0.2) is 50.8 Å². The molecule has 2 aromatic carbocycles. The number of hydrogen-bond acceptors (Lipinski definition) is 6. The van der Waals surface area contributed by atoms with Gasteiger partial charge in [-0.25, -0.2) is 4.99 Å². The number of amidine groups is 1. The van der Waals surface area contributed by atoms with Gasteiger partial charge in [-0.1, -0.05) is 11.6 Å². The average Bonchev–Trinajstić information content (AvgIpc) is 2.99. The van der Waals surface area contributed by atoms with E-state index >= 15 is 0 Å². The van der Waals surface area contributed by atoms with Gasteiger partial charge < -0.3 is 14.8 Å². The molecular formula is C20H16BrClN2O4S. The maximum absolute atomic E-state index is 12.3. The van der Waals surface area contributed by atoms with Gasteiger partial charge in [-0.15, -0.1) is 0 Å². The highest BCUT2D eigenvalue weighted by Crippen LogP contribution is 2.38. The Morgan fingerprint density at radius 3 is 2.69 bits per heavy atom. The molecule has 1 aliphatic heterocycles. The van der Waals surface area contributed by atoms with Crippen LogP contribution in [-0.2, 0) is 9.59 Å². The van der Waals surface area contributed by atoms with Crippen LogP contribution in [0, 0.1) is 0 Å². The molecule has 1 heterocycles. The highest BCUT2D eigenvalue weighted by atomic mass is 79.9. The fourth-order valence-corrected chi connectivity index (χ4v) is 3.95. The van der Waals surface area contributed by atoms with E-state index in [1.807, 2.05) is 6.92 Å². The molecule has 1 saturated heterocycles. The fourth-order valence-electron chi connectivity index (χ4n) is 2.44. The summed E-state index contributed by atoms with van der Waals surface area (Å²) in [6.07, 6.45) is 1.72. The molecule has 0 spiro atoms. The van der Waals surface area contributed by atoms with E-state index in [2.05, 4.69) is 26.2 Å². The Hall–Kier alpha value is -2.29. The molecule has 9 heteroatoms. The van der Waals surface area contributed by atoms with E-state index in [4.69, 9.17) is 21.1 Å². The van der Waals surface area contributed by atoms with Crippen molar-refractivity contribution in [2.45, 2.75) is 13.8 Å². The number of aliphatic imine (C=N–C) groups is 1. The number of hydrogen-bond donors (Lipinski definition) is 1.